The van der Waals surface area contributed by atoms with Crippen LogP contribution < -0.4 is 5.32 Å². The lowest BCUT2D eigenvalue weighted by Crippen LogP contribution is -2.49. The number of rotatable bonds is 2. The summed E-state index contributed by atoms with van der Waals surface area (Å²) < 4.78 is 0. The van der Waals surface area contributed by atoms with E-state index in [1.807, 2.05) is 6.08 Å². The second kappa shape index (κ2) is 5.81. The van der Waals surface area contributed by atoms with E-state index in [1.54, 1.807) is 11.0 Å². The molecule has 0 aromatic rings. The Morgan fingerprint density at radius 2 is 2.15 bits per heavy atom. The Morgan fingerprint density at radius 3 is 2.80 bits per heavy atom. The van der Waals surface area contributed by atoms with E-state index in [1.165, 1.54) is 17.6 Å². The van der Waals surface area contributed by atoms with Crippen LogP contribution in [0.15, 0.2) is 23.3 Å². The van der Waals surface area contributed by atoms with Crippen molar-refractivity contribution in [3.05, 3.63) is 23.3 Å². The first-order valence-electron chi connectivity index (χ1n) is 7.34. The summed E-state index contributed by atoms with van der Waals surface area (Å²) in [6.07, 6.45) is 7.08. The van der Waals surface area contributed by atoms with Crippen molar-refractivity contribution in [2.75, 3.05) is 19.6 Å². The summed E-state index contributed by atoms with van der Waals surface area (Å²) >= 11 is 0. The zero-order valence-corrected chi connectivity index (χ0v) is 12.7. The molecule has 0 atom stereocenters. The molecular formula is C16H24N2O2. The SMILES string of the molecule is CC1=C(C=CC(=O)N2CCNC(=O)C2)C(C)(C)CCC1. The Kier molecular flexibility index (Phi) is 4.31. The zero-order chi connectivity index (χ0) is 14.8. The maximum absolute atomic E-state index is 12.1. The quantitative estimate of drug-likeness (QED) is 0.785. The Hall–Kier alpha value is -1.58. The molecule has 2 aliphatic rings. The Morgan fingerprint density at radius 1 is 1.40 bits per heavy atom. The lowest BCUT2D eigenvalue weighted by atomic mass is 9.72. The average molecular weight is 276 g/mol. The summed E-state index contributed by atoms with van der Waals surface area (Å²) in [4.78, 5) is 25.0. The second-order valence-electron chi connectivity index (χ2n) is 6.37. The molecule has 0 bridgehead atoms. The number of carbonyl (C=O) groups excluding carboxylic acids is 2. The number of hydrogen-bond donors (Lipinski definition) is 1. The van der Waals surface area contributed by atoms with Crippen molar-refractivity contribution in [3.8, 4) is 0 Å². The number of carbonyl (C=O) groups is 2. The minimum Gasteiger partial charge on any atom is -0.353 e. The number of nitrogens with one attached hydrogen (secondary N) is 1. The molecule has 0 unspecified atom stereocenters. The van der Waals surface area contributed by atoms with Crippen LogP contribution in [0.4, 0.5) is 0 Å². The van der Waals surface area contributed by atoms with Gasteiger partial charge < -0.3 is 10.2 Å². The molecule has 1 saturated heterocycles. The highest BCUT2D eigenvalue weighted by Crippen LogP contribution is 2.40. The van der Waals surface area contributed by atoms with Crippen molar-refractivity contribution < 1.29 is 9.59 Å². The van der Waals surface area contributed by atoms with Gasteiger partial charge >= 0.3 is 0 Å². The summed E-state index contributed by atoms with van der Waals surface area (Å²) in [6.45, 7) is 7.92. The van der Waals surface area contributed by atoms with Gasteiger partial charge in [0.25, 0.3) is 0 Å². The van der Waals surface area contributed by atoms with E-state index in [4.69, 9.17) is 0 Å². The number of nitrogens with zero attached hydrogens (tertiary/aromatic N) is 1. The van der Waals surface area contributed by atoms with E-state index >= 15 is 0 Å². The minimum atomic E-state index is -0.0774. The molecule has 0 aromatic carbocycles. The standard InChI is InChI=1S/C16H24N2O2/c1-12-5-4-8-16(2,3)13(12)6-7-15(20)18-10-9-17-14(19)11-18/h6-7H,4-5,8-11H2,1-3H3,(H,17,19). The van der Waals surface area contributed by atoms with Gasteiger partial charge in [0, 0.05) is 19.2 Å². The van der Waals surface area contributed by atoms with Gasteiger partial charge in [0.1, 0.15) is 0 Å². The van der Waals surface area contributed by atoms with Gasteiger partial charge in [0.15, 0.2) is 0 Å². The summed E-state index contributed by atoms with van der Waals surface area (Å²) in [7, 11) is 0. The molecule has 4 heteroatoms. The molecule has 2 rings (SSSR count). The molecule has 1 heterocycles. The molecule has 1 fully saturated rings. The third-order valence-electron chi connectivity index (χ3n) is 4.29. The van der Waals surface area contributed by atoms with Crippen LogP contribution in [0.2, 0.25) is 0 Å². The molecule has 1 N–H and O–H groups in total. The molecule has 1 aliphatic carbocycles. The molecule has 0 spiro atoms. The molecule has 2 amide bonds. The van der Waals surface area contributed by atoms with E-state index in [0.29, 0.717) is 13.1 Å². The first-order valence-corrected chi connectivity index (χ1v) is 7.34. The van der Waals surface area contributed by atoms with E-state index in [0.717, 1.165) is 12.8 Å². The Bertz CT molecular complexity index is 475. The van der Waals surface area contributed by atoms with Crippen LogP contribution in [0.1, 0.15) is 40.0 Å². The first kappa shape index (κ1) is 14.8. The maximum atomic E-state index is 12.1. The first-order chi connectivity index (χ1) is 9.40. The summed E-state index contributed by atoms with van der Waals surface area (Å²) in [6, 6.07) is 0. The van der Waals surface area contributed by atoms with Crippen molar-refractivity contribution in [2.45, 2.75) is 40.0 Å². The van der Waals surface area contributed by atoms with Crippen molar-refractivity contribution >= 4 is 11.8 Å². The molecule has 0 aromatic heterocycles. The van der Waals surface area contributed by atoms with Crippen LogP contribution in [0, 0.1) is 5.41 Å². The highest BCUT2D eigenvalue weighted by molar-refractivity contribution is 5.92. The fraction of sp³-hybridized carbons (Fsp3) is 0.625. The number of amides is 2. The fourth-order valence-electron chi connectivity index (χ4n) is 3.10. The van der Waals surface area contributed by atoms with Crippen molar-refractivity contribution in [1.29, 1.82) is 0 Å². The highest BCUT2D eigenvalue weighted by atomic mass is 16.2. The largest absolute Gasteiger partial charge is 0.353 e. The molecule has 4 nitrogen and oxygen atoms in total. The topological polar surface area (TPSA) is 49.4 Å². The average Bonchev–Trinajstić information content (AvgIpc) is 2.37. The van der Waals surface area contributed by atoms with E-state index in [-0.39, 0.29) is 23.8 Å². The van der Waals surface area contributed by atoms with E-state index in [9.17, 15) is 9.59 Å². The second-order valence-corrected chi connectivity index (χ2v) is 6.37. The molecular weight excluding hydrogens is 252 g/mol. The van der Waals surface area contributed by atoms with Crippen LogP contribution >= 0.6 is 0 Å². The van der Waals surface area contributed by atoms with Gasteiger partial charge in [-0.05, 0) is 37.2 Å². The maximum Gasteiger partial charge on any atom is 0.247 e. The minimum absolute atomic E-state index is 0.0680. The van der Waals surface area contributed by atoms with Crippen molar-refractivity contribution in [3.63, 3.8) is 0 Å². The van der Waals surface area contributed by atoms with Gasteiger partial charge in [-0.25, -0.2) is 0 Å². The van der Waals surface area contributed by atoms with Gasteiger partial charge in [0.05, 0.1) is 6.54 Å². The van der Waals surface area contributed by atoms with Crippen LogP contribution in [-0.2, 0) is 9.59 Å². The van der Waals surface area contributed by atoms with Crippen LogP contribution in [0.5, 0.6) is 0 Å². The predicted molar refractivity (Wildman–Crippen MR) is 79.1 cm³/mol. The number of hydrogen-bond acceptors (Lipinski definition) is 2. The van der Waals surface area contributed by atoms with Gasteiger partial charge in [0.2, 0.25) is 11.8 Å². The molecule has 0 radical (unpaired) electrons. The van der Waals surface area contributed by atoms with Gasteiger partial charge in [-0.1, -0.05) is 25.5 Å². The molecule has 0 saturated carbocycles. The fourth-order valence-corrected chi connectivity index (χ4v) is 3.10. The van der Waals surface area contributed by atoms with Gasteiger partial charge in [-0.3, -0.25) is 9.59 Å². The normalized spacial score (nSPS) is 23.1. The van der Waals surface area contributed by atoms with E-state index in [2.05, 4.69) is 26.1 Å². The lowest BCUT2D eigenvalue weighted by Gasteiger charge is -2.33. The monoisotopic (exact) mass is 276 g/mol. The summed E-state index contributed by atoms with van der Waals surface area (Å²) in [5.41, 5.74) is 2.79. The Labute approximate surface area is 120 Å². The smallest absolute Gasteiger partial charge is 0.247 e. The number of allylic oxidation sites excluding steroid dienone is 3. The predicted octanol–water partition coefficient (Wildman–Crippen LogP) is 2.03. The van der Waals surface area contributed by atoms with Crippen LogP contribution in [0.25, 0.3) is 0 Å². The molecule has 20 heavy (non-hydrogen) atoms. The zero-order valence-electron chi connectivity index (χ0n) is 12.7. The third-order valence-corrected chi connectivity index (χ3v) is 4.29. The van der Waals surface area contributed by atoms with E-state index < -0.39 is 0 Å². The lowest BCUT2D eigenvalue weighted by molar-refractivity contribution is -0.134. The Balaban J connectivity index is 2.08. The van der Waals surface area contributed by atoms with Gasteiger partial charge in [-0.15, -0.1) is 0 Å². The highest BCUT2D eigenvalue weighted by Gasteiger charge is 2.27. The summed E-state index contributed by atoms with van der Waals surface area (Å²) in [5, 5.41) is 2.73. The van der Waals surface area contributed by atoms with Crippen molar-refractivity contribution in [1.82, 2.24) is 10.2 Å². The van der Waals surface area contributed by atoms with Crippen molar-refractivity contribution in [2.24, 2.45) is 5.41 Å². The molecule has 110 valence electrons. The molecule has 1 aliphatic heterocycles. The third kappa shape index (κ3) is 3.30. The summed E-state index contributed by atoms with van der Waals surface area (Å²) in [5.74, 6) is -0.145. The number of piperazine rings is 1. The van der Waals surface area contributed by atoms with Crippen LogP contribution in [-0.4, -0.2) is 36.3 Å². The van der Waals surface area contributed by atoms with Gasteiger partial charge in [-0.2, -0.15) is 0 Å². The van der Waals surface area contributed by atoms with Crippen LogP contribution in [0.3, 0.4) is 0 Å².